The lowest BCUT2D eigenvalue weighted by molar-refractivity contribution is 0.331. The third kappa shape index (κ3) is 2.75. The number of hydrogen-bond donors (Lipinski definition) is 2. The lowest BCUT2D eigenvalue weighted by Crippen LogP contribution is -2.36. The fraction of sp³-hybridized carbons (Fsp3) is 0.455. The van der Waals surface area contributed by atoms with Crippen LogP contribution in [-0.4, -0.2) is 25.5 Å². The molecule has 0 aliphatic heterocycles. The molecular formula is C11H17F2N3. The van der Waals surface area contributed by atoms with Crippen molar-refractivity contribution >= 4 is 0 Å². The van der Waals surface area contributed by atoms with Gasteiger partial charge in [0.2, 0.25) is 0 Å². The Morgan fingerprint density at radius 1 is 1.38 bits per heavy atom. The van der Waals surface area contributed by atoms with E-state index in [4.69, 9.17) is 5.84 Å². The van der Waals surface area contributed by atoms with Crippen LogP contribution in [0.5, 0.6) is 0 Å². The van der Waals surface area contributed by atoms with E-state index in [0.29, 0.717) is 12.1 Å². The molecular weight excluding hydrogens is 212 g/mol. The van der Waals surface area contributed by atoms with E-state index in [1.807, 2.05) is 19.0 Å². The molecule has 1 atom stereocenters. The lowest BCUT2D eigenvalue weighted by atomic mass is 10.0. The Balaban J connectivity index is 3.13. The topological polar surface area (TPSA) is 41.3 Å². The van der Waals surface area contributed by atoms with Crippen LogP contribution in [0.15, 0.2) is 12.1 Å². The maximum atomic E-state index is 13.8. The van der Waals surface area contributed by atoms with Crippen molar-refractivity contribution in [2.45, 2.75) is 13.0 Å². The molecule has 1 rings (SSSR count). The van der Waals surface area contributed by atoms with Crippen molar-refractivity contribution in [2.24, 2.45) is 5.84 Å². The number of nitrogens with two attached hydrogens (primary N) is 1. The summed E-state index contributed by atoms with van der Waals surface area (Å²) in [4.78, 5) is 1.81. The maximum absolute atomic E-state index is 13.8. The normalized spacial score (nSPS) is 13.2. The Bertz CT molecular complexity index is 366. The number of rotatable bonds is 4. The molecule has 3 N–H and O–H groups in total. The molecule has 0 bridgehead atoms. The zero-order valence-corrected chi connectivity index (χ0v) is 9.72. The molecule has 0 fully saturated rings. The van der Waals surface area contributed by atoms with Gasteiger partial charge >= 0.3 is 0 Å². The zero-order chi connectivity index (χ0) is 12.3. The monoisotopic (exact) mass is 229 g/mol. The molecule has 0 amide bonds. The predicted octanol–water partition coefficient (Wildman–Crippen LogP) is 1.34. The highest BCUT2D eigenvalue weighted by Crippen LogP contribution is 2.23. The second-order valence-corrected chi connectivity index (χ2v) is 4.07. The standard InChI is InChI=1S/C11H17F2N3/c1-7-4-5-8(12)10(11(7)13)9(15-14)6-16(2)3/h4-5,9,15H,6,14H2,1-3H3. The molecule has 0 aromatic heterocycles. The molecule has 0 saturated heterocycles. The minimum atomic E-state index is -0.576. The van der Waals surface area contributed by atoms with E-state index in [9.17, 15) is 8.78 Å². The first kappa shape index (κ1) is 13.0. The van der Waals surface area contributed by atoms with Crippen molar-refractivity contribution in [1.29, 1.82) is 0 Å². The first-order chi connectivity index (χ1) is 7.47. The van der Waals surface area contributed by atoms with Gasteiger partial charge in [-0.2, -0.15) is 0 Å². The minimum Gasteiger partial charge on any atom is -0.307 e. The number of halogens is 2. The van der Waals surface area contributed by atoms with Gasteiger partial charge in [0.15, 0.2) is 0 Å². The van der Waals surface area contributed by atoms with Crippen LogP contribution in [0.4, 0.5) is 8.78 Å². The molecule has 0 aliphatic carbocycles. The minimum absolute atomic E-state index is 0.00352. The third-order valence-corrected chi connectivity index (χ3v) is 2.42. The van der Waals surface area contributed by atoms with Crippen molar-refractivity contribution < 1.29 is 8.78 Å². The summed E-state index contributed by atoms with van der Waals surface area (Å²) in [6.45, 7) is 2.02. The van der Waals surface area contributed by atoms with E-state index in [1.54, 1.807) is 6.92 Å². The van der Waals surface area contributed by atoms with Crippen LogP contribution < -0.4 is 11.3 Å². The van der Waals surface area contributed by atoms with Gasteiger partial charge in [-0.1, -0.05) is 6.07 Å². The Morgan fingerprint density at radius 2 is 2.00 bits per heavy atom. The van der Waals surface area contributed by atoms with Crippen LogP contribution in [0.1, 0.15) is 17.2 Å². The van der Waals surface area contributed by atoms with Gasteiger partial charge in [0.1, 0.15) is 11.6 Å². The second-order valence-electron chi connectivity index (χ2n) is 4.07. The van der Waals surface area contributed by atoms with E-state index in [1.165, 1.54) is 12.1 Å². The molecule has 90 valence electrons. The Hall–Kier alpha value is -1.04. The van der Waals surface area contributed by atoms with Crippen LogP contribution in [0.2, 0.25) is 0 Å². The van der Waals surface area contributed by atoms with E-state index >= 15 is 0 Å². The largest absolute Gasteiger partial charge is 0.307 e. The summed E-state index contributed by atoms with van der Waals surface area (Å²) in [6, 6.07) is 2.11. The van der Waals surface area contributed by atoms with Gasteiger partial charge < -0.3 is 4.90 Å². The van der Waals surface area contributed by atoms with Crippen molar-refractivity contribution in [2.75, 3.05) is 20.6 Å². The Labute approximate surface area is 94.2 Å². The summed E-state index contributed by atoms with van der Waals surface area (Å²) in [6.07, 6.45) is 0. The molecule has 1 unspecified atom stereocenters. The summed E-state index contributed by atoms with van der Waals surface area (Å²) < 4.78 is 27.4. The summed E-state index contributed by atoms with van der Waals surface area (Å²) in [5.74, 6) is 4.22. The summed E-state index contributed by atoms with van der Waals surface area (Å²) >= 11 is 0. The molecule has 0 spiro atoms. The smallest absolute Gasteiger partial charge is 0.133 e. The van der Waals surface area contributed by atoms with Crippen LogP contribution in [0.3, 0.4) is 0 Å². The van der Waals surface area contributed by atoms with Gasteiger partial charge in [0.25, 0.3) is 0 Å². The molecule has 0 saturated carbocycles. The van der Waals surface area contributed by atoms with Crippen molar-refractivity contribution in [3.63, 3.8) is 0 Å². The molecule has 5 heteroatoms. The summed E-state index contributed by atoms with van der Waals surface area (Å²) in [7, 11) is 3.63. The predicted molar refractivity (Wildman–Crippen MR) is 59.7 cm³/mol. The van der Waals surface area contributed by atoms with Crippen LogP contribution >= 0.6 is 0 Å². The number of benzene rings is 1. The van der Waals surface area contributed by atoms with Crippen LogP contribution in [-0.2, 0) is 0 Å². The number of nitrogens with one attached hydrogen (secondary N) is 1. The molecule has 3 nitrogen and oxygen atoms in total. The lowest BCUT2D eigenvalue weighted by Gasteiger charge is -2.22. The van der Waals surface area contributed by atoms with Gasteiger partial charge in [0.05, 0.1) is 6.04 Å². The molecule has 1 aromatic carbocycles. The van der Waals surface area contributed by atoms with Gasteiger partial charge in [-0.25, -0.2) is 8.78 Å². The third-order valence-electron chi connectivity index (χ3n) is 2.42. The van der Waals surface area contributed by atoms with E-state index in [2.05, 4.69) is 5.43 Å². The average Bonchev–Trinajstić information content (AvgIpc) is 2.22. The number of aryl methyl sites for hydroxylation is 1. The highest BCUT2D eigenvalue weighted by molar-refractivity contribution is 5.29. The SMILES string of the molecule is Cc1ccc(F)c(C(CN(C)C)NN)c1F. The highest BCUT2D eigenvalue weighted by atomic mass is 19.1. The number of hydrazine groups is 1. The van der Waals surface area contributed by atoms with Crippen molar-refractivity contribution in [1.82, 2.24) is 10.3 Å². The fourth-order valence-corrected chi connectivity index (χ4v) is 1.59. The van der Waals surface area contributed by atoms with Crippen molar-refractivity contribution in [3.05, 3.63) is 34.9 Å². The van der Waals surface area contributed by atoms with Gasteiger partial charge in [-0.05, 0) is 32.6 Å². The van der Waals surface area contributed by atoms with Gasteiger partial charge in [0, 0.05) is 12.1 Å². The first-order valence-corrected chi connectivity index (χ1v) is 5.02. The second kappa shape index (κ2) is 5.34. The number of nitrogens with zero attached hydrogens (tertiary/aromatic N) is 1. The quantitative estimate of drug-likeness (QED) is 0.604. The maximum Gasteiger partial charge on any atom is 0.133 e. The van der Waals surface area contributed by atoms with E-state index in [0.717, 1.165) is 0 Å². The fourth-order valence-electron chi connectivity index (χ4n) is 1.59. The first-order valence-electron chi connectivity index (χ1n) is 5.02. The van der Waals surface area contributed by atoms with Crippen LogP contribution in [0, 0.1) is 18.6 Å². The molecule has 0 radical (unpaired) electrons. The summed E-state index contributed by atoms with van der Waals surface area (Å²) in [5, 5.41) is 0. The Morgan fingerprint density at radius 3 is 2.50 bits per heavy atom. The molecule has 0 aliphatic rings. The van der Waals surface area contributed by atoms with E-state index in [-0.39, 0.29) is 5.56 Å². The average molecular weight is 229 g/mol. The van der Waals surface area contributed by atoms with Crippen molar-refractivity contribution in [3.8, 4) is 0 Å². The van der Waals surface area contributed by atoms with Gasteiger partial charge in [-0.15, -0.1) is 0 Å². The highest BCUT2D eigenvalue weighted by Gasteiger charge is 2.20. The molecule has 0 heterocycles. The Kier molecular flexibility index (Phi) is 4.35. The summed E-state index contributed by atoms with van der Waals surface area (Å²) in [5.41, 5.74) is 2.85. The van der Waals surface area contributed by atoms with E-state index < -0.39 is 17.7 Å². The number of hydrogen-bond acceptors (Lipinski definition) is 3. The zero-order valence-electron chi connectivity index (χ0n) is 9.72. The molecule has 1 aromatic rings. The molecule has 16 heavy (non-hydrogen) atoms. The number of likely N-dealkylation sites (N-methyl/N-ethyl adjacent to an activating group) is 1. The van der Waals surface area contributed by atoms with Gasteiger partial charge in [-0.3, -0.25) is 11.3 Å². The van der Waals surface area contributed by atoms with Crippen LogP contribution in [0.25, 0.3) is 0 Å².